The van der Waals surface area contributed by atoms with Gasteiger partial charge in [-0.15, -0.1) is 0 Å². The number of halogens is 1. The first-order valence-electron chi connectivity index (χ1n) is 4.23. The summed E-state index contributed by atoms with van der Waals surface area (Å²) in [6.45, 7) is 3.61. The lowest BCUT2D eigenvalue weighted by atomic mass is 10.2. The van der Waals surface area contributed by atoms with E-state index in [4.69, 9.17) is 4.74 Å². The van der Waals surface area contributed by atoms with E-state index in [1.165, 1.54) is 5.56 Å². The molecule has 1 aromatic rings. The van der Waals surface area contributed by atoms with Crippen molar-refractivity contribution in [3.05, 3.63) is 29.8 Å². The molecular weight excluding hydrogens is 186 g/mol. The van der Waals surface area contributed by atoms with Gasteiger partial charge in [-0.1, -0.05) is 12.1 Å². The molecule has 74 valence electrons. The summed E-state index contributed by atoms with van der Waals surface area (Å²) in [5.74, 6) is 0.949. The monoisotopic (exact) mass is 200 g/mol. The minimum atomic E-state index is 0. The number of hydrogen-bond acceptors (Lipinski definition) is 2. The third-order valence-electron chi connectivity index (χ3n) is 1.59. The van der Waals surface area contributed by atoms with Crippen molar-refractivity contribution in [1.29, 1.82) is 0 Å². The van der Waals surface area contributed by atoms with Crippen molar-refractivity contribution in [3.8, 4) is 5.75 Å². The molecule has 0 aliphatic heterocycles. The van der Waals surface area contributed by atoms with E-state index in [-0.39, 0.29) is 12.4 Å². The molecule has 0 heterocycles. The van der Waals surface area contributed by atoms with Gasteiger partial charge in [0, 0.05) is 6.54 Å². The second-order valence-electron chi connectivity index (χ2n) is 2.61. The Morgan fingerprint density at radius 2 is 2.15 bits per heavy atom. The summed E-state index contributed by atoms with van der Waals surface area (Å²) in [7, 11) is 1.94. The van der Waals surface area contributed by atoms with Crippen LogP contribution in [0, 0.1) is 0 Å². The van der Waals surface area contributed by atoms with Gasteiger partial charge in [-0.2, -0.15) is 0 Å². The van der Waals surface area contributed by atoms with Gasteiger partial charge in [-0.3, -0.25) is 0 Å². The van der Waals surface area contributed by atoms with Crippen molar-refractivity contribution < 1.29 is 17.1 Å². The Kier molecular flexibility index (Phi) is 6.37. The second-order valence-corrected chi connectivity index (χ2v) is 2.61. The lowest BCUT2D eigenvalue weighted by molar-refractivity contribution is -0.00000317. The Morgan fingerprint density at radius 1 is 1.38 bits per heavy atom. The summed E-state index contributed by atoms with van der Waals surface area (Å²) in [6, 6.07) is 8.12. The number of nitrogens with one attached hydrogen (secondary N) is 1. The van der Waals surface area contributed by atoms with E-state index in [2.05, 4.69) is 17.4 Å². The molecule has 13 heavy (non-hydrogen) atoms. The van der Waals surface area contributed by atoms with E-state index in [1.807, 2.05) is 26.1 Å². The van der Waals surface area contributed by atoms with Crippen LogP contribution < -0.4 is 22.5 Å². The molecule has 0 atom stereocenters. The summed E-state index contributed by atoms with van der Waals surface area (Å²) in [4.78, 5) is 0. The van der Waals surface area contributed by atoms with Crippen LogP contribution in [0.3, 0.4) is 0 Å². The number of hydrogen-bond donors (Lipinski definition) is 1. The quantitative estimate of drug-likeness (QED) is 0.660. The van der Waals surface area contributed by atoms with E-state index in [0.29, 0.717) is 0 Å². The van der Waals surface area contributed by atoms with Crippen molar-refractivity contribution in [2.45, 2.75) is 13.5 Å². The molecule has 0 bridgehead atoms. The van der Waals surface area contributed by atoms with E-state index in [9.17, 15) is 0 Å². The van der Waals surface area contributed by atoms with Crippen molar-refractivity contribution in [2.24, 2.45) is 0 Å². The Balaban J connectivity index is 0.00000144. The van der Waals surface area contributed by atoms with Crippen molar-refractivity contribution in [2.75, 3.05) is 13.7 Å². The van der Waals surface area contributed by atoms with Crippen LogP contribution in [0.1, 0.15) is 12.5 Å². The molecule has 2 nitrogen and oxygen atoms in total. The summed E-state index contributed by atoms with van der Waals surface area (Å²) < 4.78 is 5.37. The summed E-state index contributed by atoms with van der Waals surface area (Å²) in [5.41, 5.74) is 1.25. The molecule has 0 unspecified atom stereocenters. The fraction of sp³-hybridized carbons (Fsp3) is 0.400. The Bertz CT molecular complexity index is 219. The zero-order chi connectivity index (χ0) is 8.81. The minimum Gasteiger partial charge on any atom is -1.00 e. The lowest BCUT2D eigenvalue weighted by Gasteiger charge is -2.04. The van der Waals surface area contributed by atoms with Gasteiger partial charge >= 0.3 is 0 Å². The van der Waals surface area contributed by atoms with E-state index < -0.39 is 0 Å². The normalized spacial score (nSPS) is 9.08. The maximum Gasteiger partial charge on any atom is 0.119 e. The standard InChI is InChI=1S/C10H15NO.ClH/c1-3-12-10-6-4-5-9(7-10)8-11-2;/h4-7,11H,3,8H2,1-2H3;1H/p-1. The molecule has 1 rings (SSSR count). The van der Waals surface area contributed by atoms with E-state index in [0.717, 1.165) is 18.9 Å². The molecular formula is C10H15ClNO-. The molecule has 0 fully saturated rings. The molecule has 0 aliphatic carbocycles. The maximum atomic E-state index is 5.37. The Labute approximate surface area is 85.7 Å². The molecule has 1 aromatic carbocycles. The Morgan fingerprint density at radius 3 is 2.77 bits per heavy atom. The largest absolute Gasteiger partial charge is 1.00 e. The first kappa shape index (κ1) is 12.3. The predicted octanol–water partition coefficient (Wildman–Crippen LogP) is -1.19. The fourth-order valence-electron chi connectivity index (χ4n) is 1.12. The lowest BCUT2D eigenvalue weighted by Crippen LogP contribution is -3.00. The van der Waals surface area contributed by atoms with Gasteiger partial charge < -0.3 is 22.5 Å². The SMILES string of the molecule is CCOc1cccc(CNC)c1.[Cl-]. The van der Waals surface area contributed by atoms with Crippen molar-refractivity contribution in [3.63, 3.8) is 0 Å². The third kappa shape index (κ3) is 4.15. The van der Waals surface area contributed by atoms with E-state index >= 15 is 0 Å². The highest BCUT2D eigenvalue weighted by atomic mass is 35.5. The van der Waals surface area contributed by atoms with Gasteiger partial charge in [-0.25, -0.2) is 0 Å². The second kappa shape index (κ2) is 6.75. The van der Waals surface area contributed by atoms with Crippen LogP contribution >= 0.6 is 0 Å². The zero-order valence-electron chi connectivity index (χ0n) is 8.01. The van der Waals surface area contributed by atoms with Gasteiger partial charge in [0.25, 0.3) is 0 Å². The van der Waals surface area contributed by atoms with Crippen LogP contribution in [-0.4, -0.2) is 13.7 Å². The summed E-state index contributed by atoms with van der Waals surface area (Å²) in [5, 5.41) is 3.10. The van der Waals surface area contributed by atoms with Crippen LogP contribution in [0.5, 0.6) is 5.75 Å². The molecule has 3 heteroatoms. The van der Waals surface area contributed by atoms with Gasteiger partial charge in [0.1, 0.15) is 5.75 Å². The van der Waals surface area contributed by atoms with Crippen LogP contribution in [0.15, 0.2) is 24.3 Å². The fourth-order valence-corrected chi connectivity index (χ4v) is 1.12. The molecule has 0 saturated carbocycles. The average Bonchev–Trinajstić information content (AvgIpc) is 2.06. The van der Waals surface area contributed by atoms with Gasteiger partial charge in [-0.05, 0) is 31.7 Å². The van der Waals surface area contributed by atoms with Gasteiger partial charge in [0.15, 0.2) is 0 Å². The van der Waals surface area contributed by atoms with Crippen molar-refractivity contribution >= 4 is 0 Å². The molecule has 0 radical (unpaired) electrons. The highest BCUT2D eigenvalue weighted by Gasteiger charge is 1.93. The van der Waals surface area contributed by atoms with Crippen LogP contribution in [0.25, 0.3) is 0 Å². The topological polar surface area (TPSA) is 21.3 Å². The molecule has 0 aromatic heterocycles. The highest BCUT2D eigenvalue weighted by Crippen LogP contribution is 2.12. The minimum absolute atomic E-state index is 0. The first-order valence-corrected chi connectivity index (χ1v) is 4.23. The molecule has 0 saturated heterocycles. The number of benzene rings is 1. The number of ether oxygens (including phenoxy) is 1. The summed E-state index contributed by atoms with van der Waals surface area (Å²) in [6.07, 6.45) is 0. The zero-order valence-corrected chi connectivity index (χ0v) is 8.77. The van der Waals surface area contributed by atoms with Crippen LogP contribution in [0.4, 0.5) is 0 Å². The Hall–Kier alpha value is -0.730. The molecule has 0 spiro atoms. The summed E-state index contributed by atoms with van der Waals surface area (Å²) >= 11 is 0. The molecule has 0 amide bonds. The van der Waals surface area contributed by atoms with Crippen LogP contribution in [0.2, 0.25) is 0 Å². The van der Waals surface area contributed by atoms with Gasteiger partial charge in [0.05, 0.1) is 6.61 Å². The van der Waals surface area contributed by atoms with E-state index in [1.54, 1.807) is 0 Å². The average molecular weight is 201 g/mol. The number of rotatable bonds is 4. The van der Waals surface area contributed by atoms with Gasteiger partial charge in [0.2, 0.25) is 0 Å². The first-order chi connectivity index (χ1) is 5.86. The third-order valence-corrected chi connectivity index (χ3v) is 1.59. The maximum absolute atomic E-state index is 5.37. The molecule has 0 aliphatic rings. The van der Waals surface area contributed by atoms with Crippen LogP contribution in [-0.2, 0) is 6.54 Å². The highest BCUT2D eigenvalue weighted by molar-refractivity contribution is 5.28. The smallest absolute Gasteiger partial charge is 0.119 e. The molecule has 1 N–H and O–H groups in total. The van der Waals surface area contributed by atoms with Crippen molar-refractivity contribution in [1.82, 2.24) is 5.32 Å². The predicted molar refractivity (Wildman–Crippen MR) is 50.4 cm³/mol.